The Labute approximate surface area is 137 Å². The van der Waals surface area contributed by atoms with E-state index in [1.807, 2.05) is 0 Å². The Morgan fingerprint density at radius 2 is 1.86 bits per heavy atom. The fraction of sp³-hybridized carbons (Fsp3) is 0.562. The minimum atomic E-state index is -0.443. The minimum Gasteiger partial charge on any atom is -0.394 e. The van der Waals surface area contributed by atoms with Gasteiger partial charge in [0.1, 0.15) is 0 Å². The first-order valence-electron chi connectivity index (χ1n) is 7.66. The van der Waals surface area contributed by atoms with Crippen molar-refractivity contribution in [1.82, 2.24) is 15.5 Å². The number of carbonyl (C=O) groups excluding carboxylic acids is 1. The van der Waals surface area contributed by atoms with Crippen LogP contribution in [0, 0.1) is 0 Å². The lowest BCUT2D eigenvalue weighted by atomic mass is 10.1. The summed E-state index contributed by atoms with van der Waals surface area (Å²) < 4.78 is 0. The van der Waals surface area contributed by atoms with Crippen LogP contribution in [-0.4, -0.2) is 48.3 Å². The third kappa shape index (κ3) is 5.83. The SMILES string of the molecule is CCN(CC)C(C)CNC(=O)NC(CO)c1ccc(Cl)cc1. The summed E-state index contributed by atoms with van der Waals surface area (Å²) in [7, 11) is 0. The third-order valence-corrected chi connectivity index (χ3v) is 4.01. The molecule has 1 aromatic carbocycles. The zero-order valence-electron chi connectivity index (χ0n) is 13.5. The Morgan fingerprint density at radius 1 is 1.27 bits per heavy atom. The van der Waals surface area contributed by atoms with Crippen LogP contribution in [0.4, 0.5) is 4.79 Å². The van der Waals surface area contributed by atoms with Crippen LogP contribution in [-0.2, 0) is 0 Å². The Bertz CT molecular complexity index is 449. The molecule has 0 spiro atoms. The highest BCUT2D eigenvalue weighted by atomic mass is 35.5. The fourth-order valence-corrected chi connectivity index (χ4v) is 2.48. The van der Waals surface area contributed by atoms with Crippen molar-refractivity contribution in [2.45, 2.75) is 32.9 Å². The monoisotopic (exact) mass is 327 g/mol. The number of aliphatic hydroxyl groups excluding tert-OH is 1. The summed E-state index contributed by atoms with van der Waals surface area (Å²) in [5.74, 6) is 0. The van der Waals surface area contributed by atoms with Crippen LogP contribution in [0.15, 0.2) is 24.3 Å². The fourth-order valence-electron chi connectivity index (χ4n) is 2.36. The lowest BCUT2D eigenvalue weighted by Crippen LogP contribution is -2.46. The van der Waals surface area contributed by atoms with Crippen molar-refractivity contribution >= 4 is 17.6 Å². The Kier molecular flexibility index (Phi) is 8.24. The van der Waals surface area contributed by atoms with E-state index in [9.17, 15) is 9.90 Å². The van der Waals surface area contributed by atoms with Crippen molar-refractivity contribution < 1.29 is 9.90 Å². The van der Waals surface area contributed by atoms with E-state index in [2.05, 4.69) is 36.3 Å². The van der Waals surface area contributed by atoms with Gasteiger partial charge in [0, 0.05) is 17.6 Å². The van der Waals surface area contributed by atoms with Crippen LogP contribution < -0.4 is 10.6 Å². The summed E-state index contributed by atoms with van der Waals surface area (Å²) in [5.41, 5.74) is 0.818. The van der Waals surface area contributed by atoms with Crippen LogP contribution in [0.5, 0.6) is 0 Å². The lowest BCUT2D eigenvalue weighted by molar-refractivity contribution is 0.204. The quantitative estimate of drug-likeness (QED) is 0.687. The van der Waals surface area contributed by atoms with Crippen LogP contribution in [0.25, 0.3) is 0 Å². The van der Waals surface area contributed by atoms with Gasteiger partial charge in [-0.05, 0) is 37.7 Å². The second-order valence-electron chi connectivity index (χ2n) is 5.21. The van der Waals surface area contributed by atoms with Crippen molar-refractivity contribution in [2.24, 2.45) is 0 Å². The number of aliphatic hydroxyl groups is 1. The zero-order valence-corrected chi connectivity index (χ0v) is 14.2. The molecule has 0 saturated carbocycles. The molecule has 0 fully saturated rings. The van der Waals surface area contributed by atoms with E-state index in [0.717, 1.165) is 18.7 Å². The number of halogens is 1. The van der Waals surface area contributed by atoms with Gasteiger partial charge in [0.05, 0.1) is 12.6 Å². The highest BCUT2D eigenvalue weighted by Crippen LogP contribution is 2.16. The normalized spacial score (nSPS) is 13.7. The number of benzene rings is 1. The van der Waals surface area contributed by atoms with Crippen LogP contribution in [0.3, 0.4) is 0 Å². The predicted octanol–water partition coefficient (Wildman–Crippen LogP) is 2.40. The smallest absolute Gasteiger partial charge is 0.315 e. The third-order valence-electron chi connectivity index (χ3n) is 3.75. The van der Waals surface area contributed by atoms with Crippen LogP contribution >= 0.6 is 11.6 Å². The second-order valence-corrected chi connectivity index (χ2v) is 5.65. The standard InChI is InChI=1S/C16H26ClN3O2/c1-4-20(5-2)12(3)10-18-16(22)19-15(11-21)13-6-8-14(17)9-7-13/h6-9,12,15,21H,4-5,10-11H2,1-3H3,(H2,18,19,22). The predicted molar refractivity (Wildman–Crippen MR) is 90.2 cm³/mol. The molecule has 22 heavy (non-hydrogen) atoms. The molecule has 3 N–H and O–H groups in total. The summed E-state index contributed by atoms with van der Waals surface area (Å²) in [6.07, 6.45) is 0. The largest absolute Gasteiger partial charge is 0.394 e. The molecule has 6 heteroatoms. The van der Waals surface area contributed by atoms with Crippen molar-refractivity contribution in [2.75, 3.05) is 26.2 Å². The van der Waals surface area contributed by atoms with E-state index in [-0.39, 0.29) is 18.7 Å². The molecule has 5 nitrogen and oxygen atoms in total. The number of nitrogens with one attached hydrogen (secondary N) is 2. The number of nitrogens with zero attached hydrogens (tertiary/aromatic N) is 1. The number of hydrogen-bond acceptors (Lipinski definition) is 3. The van der Waals surface area contributed by atoms with E-state index >= 15 is 0 Å². The summed E-state index contributed by atoms with van der Waals surface area (Å²) in [6.45, 7) is 8.57. The average molecular weight is 328 g/mol. The van der Waals surface area contributed by atoms with E-state index in [4.69, 9.17) is 11.6 Å². The van der Waals surface area contributed by atoms with Gasteiger partial charge in [0.15, 0.2) is 0 Å². The topological polar surface area (TPSA) is 64.6 Å². The molecular weight excluding hydrogens is 302 g/mol. The Hall–Kier alpha value is -1.30. The average Bonchev–Trinajstić information content (AvgIpc) is 2.52. The maximum atomic E-state index is 12.0. The van der Waals surface area contributed by atoms with E-state index in [0.29, 0.717) is 11.6 Å². The number of rotatable bonds is 8. The van der Waals surface area contributed by atoms with Gasteiger partial charge in [0.25, 0.3) is 0 Å². The highest BCUT2D eigenvalue weighted by Gasteiger charge is 2.15. The van der Waals surface area contributed by atoms with Crippen LogP contribution in [0.1, 0.15) is 32.4 Å². The first-order chi connectivity index (χ1) is 10.5. The molecule has 2 amide bonds. The molecule has 0 aromatic heterocycles. The van der Waals surface area contributed by atoms with E-state index in [1.165, 1.54) is 0 Å². The molecule has 0 bridgehead atoms. The molecule has 0 heterocycles. The Balaban J connectivity index is 2.50. The molecule has 0 radical (unpaired) electrons. The van der Waals surface area contributed by atoms with Crippen molar-refractivity contribution in [1.29, 1.82) is 0 Å². The highest BCUT2D eigenvalue weighted by molar-refractivity contribution is 6.30. The summed E-state index contributed by atoms with van der Waals surface area (Å²) in [4.78, 5) is 14.2. The van der Waals surface area contributed by atoms with Gasteiger partial charge in [-0.3, -0.25) is 4.90 Å². The van der Waals surface area contributed by atoms with Crippen molar-refractivity contribution in [3.63, 3.8) is 0 Å². The van der Waals surface area contributed by atoms with Crippen molar-refractivity contribution in [3.05, 3.63) is 34.9 Å². The van der Waals surface area contributed by atoms with Gasteiger partial charge in [-0.2, -0.15) is 0 Å². The van der Waals surface area contributed by atoms with Gasteiger partial charge < -0.3 is 15.7 Å². The van der Waals surface area contributed by atoms with E-state index in [1.54, 1.807) is 24.3 Å². The van der Waals surface area contributed by atoms with Gasteiger partial charge >= 0.3 is 6.03 Å². The number of hydrogen-bond donors (Lipinski definition) is 3. The molecule has 2 atom stereocenters. The van der Waals surface area contributed by atoms with Crippen LogP contribution in [0.2, 0.25) is 5.02 Å². The maximum Gasteiger partial charge on any atom is 0.315 e. The molecular formula is C16H26ClN3O2. The number of urea groups is 1. The minimum absolute atomic E-state index is 0.166. The van der Waals surface area contributed by atoms with Gasteiger partial charge in [-0.1, -0.05) is 37.6 Å². The maximum absolute atomic E-state index is 12.0. The molecule has 0 aliphatic carbocycles. The van der Waals surface area contributed by atoms with Gasteiger partial charge in [0.2, 0.25) is 0 Å². The molecule has 124 valence electrons. The molecule has 1 rings (SSSR count). The molecule has 0 saturated heterocycles. The van der Waals surface area contributed by atoms with Gasteiger partial charge in [-0.15, -0.1) is 0 Å². The number of amides is 2. The second kappa shape index (κ2) is 9.66. The summed E-state index contributed by atoms with van der Waals surface area (Å²) in [6, 6.07) is 6.60. The molecule has 2 unspecified atom stereocenters. The number of carbonyl (C=O) groups is 1. The lowest BCUT2D eigenvalue weighted by Gasteiger charge is -2.27. The zero-order chi connectivity index (χ0) is 16.5. The van der Waals surface area contributed by atoms with E-state index < -0.39 is 6.04 Å². The summed E-state index contributed by atoms with van der Waals surface area (Å²) in [5, 5.41) is 15.7. The van der Waals surface area contributed by atoms with Gasteiger partial charge in [-0.25, -0.2) is 4.79 Å². The Morgan fingerprint density at radius 3 is 2.36 bits per heavy atom. The summed E-state index contributed by atoms with van der Waals surface area (Å²) >= 11 is 5.84. The first-order valence-corrected chi connectivity index (χ1v) is 8.04. The van der Waals surface area contributed by atoms with Crippen molar-refractivity contribution in [3.8, 4) is 0 Å². The first kappa shape index (κ1) is 18.7. The molecule has 0 aliphatic rings. The molecule has 0 aliphatic heterocycles. The molecule has 1 aromatic rings. The number of likely N-dealkylation sites (N-methyl/N-ethyl adjacent to an activating group) is 1.